The Kier molecular flexibility index (Phi) is 10.8. The average molecular weight is 585 g/mol. The Labute approximate surface area is 242 Å². The highest BCUT2D eigenvalue weighted by atomic mass is 35.5. The van der Waals surface area contributed by atoms with Crippen molar-refractivity contribution < 1.29 is 43.2 Å². The number of ether oxygens (including phenoxy) is 5. The number of alkyl halides is 1. The first-order chi connectivity index (χ1) is 18.3. The Bertz CT molecular complexity index is 1060. The highest BCUT2D eigenvalue weighted by Gasteiger charge is 2.57. The lowest BCUT2D eigenvalue weighted by Gasteiger charge is -2.48. The number of carbonyl (C=O) groups excluding carboxylic acids is 3. The lowest BCUT2D eigenvalue weighted by atomic mass is 9.70. The molecule has 0 radical (unpaired) electrons. The van der Waals surface area contributed by atoms with Crippen molar-refractivity contribution in [2.45, 2.75) is 129 Å². The first-order valence-electron chi connectivity index (χ1n) is 13.6. The zero-order chi connectivity index (χ0) is 30.8. The summed E-state index contributed by atoms with van der Waals surface area (Å²) in [7, 11) is 0. The van der Waals surface area contributed by atoms with Crippen LogP contribution in [0.4, 0.5) is 0 Å². The van der Waals surface area contributed by atoms with E-state index >= 15 is 0 Å². The third-order valence-corrected chi connectivity index (χ3v) is 8.31. The van der Waals surface area contributed by atoms with E-state index in [1.54, 1.807) is 53.7 Å². The molecular weight excluding hydrogens is 540 g/mol. The van der Waals surface area contributed by atoms with Gasteiger partial charge in [0.1, 0.15) is 17.8 Å². The summed E-state index contributed by atoms with van der Waals surface area (Å²) in [5.41, 5.74) is -1.35. The van der Waals surface area contributed by atoms with Gasteiger partial charge < -0.3 is 28.8 Å². The molecule has 226 valence electrons. The van der Waals surface area contributed by atoms with Gasteiger partial charge in [-0.3, -0.25) is 4.79 Å². The Morgan fingerprint density at radius 3 is 2.05 bits per heavy atom. The highest BCUT2D eigenvalue weighted by molar-refractivity contribution is 6.21. The fourth-order valence-corrected chi connectivity index (χ4v) is 5.43. The fraction of sp³-hybridized carbons (Fsp3) is 0.700. The van der Waals surface area contributed by atoms with E-state index in [4.69, 9.17) is 35.3 Å². The van der Waals surface area contributed by atoms with E-state index in [1.807, 2.05) is 13.8 Å². The van der Waals surface area contributed by atoms with Crippen LogP contribution in [-0.2, 0) is 38.1 Å². The van der Waals surface area contributed by atoms with Gasteiger partial charge in [-0.1, -0.05) is 18.7 Å². The molecule has 1 heterocycles. The summed E-state index contributed by atoms with van der Waals surface area (Å²) in [5.74, 6) is -3.50. The largest absolute Gasteiger partial charge is 0.455 e. The Morgan fingerprint density at radius 1 is 1.02 bits per heavy atom. The molecule has 1 aliphatic carbocycles. The maximum atomic E-state index is 13.0. The van der Waals surface area contributed by atoms with E-state index in [0.717, 1.165) is 0 Å². The van der Waals surface area contributed by atoms with Gasteiger partial charge in [-0.05, 0) is 74.3 Å². The number of carbonyl (C=O) groups is 3. The third-order valence-electron chi connectivity index (χ3n) is 7.69. The highest BCUT2D eigenvalue weighted by Crippen LogP contribution is 2.45. The van der Waals surface area contributed by atoms with Gasteiger partial charge in [0.25, 0.3) is 0 Å². The Hall–Kier alpha value is -2.20. The van der Waals surface area contributed by atoms with Crippen LogP contribution in [0, 0.1) is 5.92 Å². The zero-order valence-corrected chi connectivity index (χ0v) is 26.1. The predicted octanol–water partition coefficient (Wildman–Crippen LogP) is 4.93. The number of hydrogen-bond acceptors (Lipinski definition) is 9. The minimum atomic E-state index is -1.74. The number of hydrogen-bond donors (Lipinski definition) is 1. The van der Waals surface area contributed by atoms with Crippen LogP contribution < -0.4 is 0 Å². The first kappa shape index (κ1) is 34.0. The second-order valence-corrected chi connectivity index (χ2v) is 12.3. The van der Waals surface area contributed by atoms with Gasteiger partial charge >= 0.3 is 17.9 Å². The molecule has 0 aromatic carbocycles. The molecule has 0 amide bonds. The van der Waals surface area contributed by atoms with Gasteiger partial charge in [0.2, 0.25) is 0 Å². The summed E-state index contributed by atoms with van der Waals surface area (Å²) >= 11 is 6.66. The molecule has 1 saturated carbocycles. The normalized spacial score (nSPS) is 32.6. The quantitative estimate of drug-likeness (QED) is 0.132. The van der Waals surface area contributed by atoms with Crippen LogP contribution in [0.3, 0.4) is 0 Å². The van der Waals surface area contributed by atoms with E-state index in [1.165, 1.54) is 13.8 Å². The molecule has 7 atom stereocenters. The standard InChI is InChI=1S/C30H45ClO9/c1-12-16(3)26(33)37-21(15-23-28(7,8)40-29(9,10)39-23)18(5)20-14-22(31)30(11,35)25(36-19(6)32)24(20)38-27(34)17(4)13-2/h12-13,20-25,35H,5,14-15H2,1-4,6-11H3/b16-12-,17-13-/t20-,21+,22+,23+,24+,25+,30-/m0/s1. The fourth-order valence-electron chi connectivity index (χ4n) is 5.11. The van der Waals surface area contributed by atoms with E-state index in [9.17, 15) is 19.5 Å². The summed E-state index contributed by atoms with van der Waals surface area (Å²) in [5, 5.41) is 10.4. The summed E-state index contributed by atoms with van der Waals surface area (Å²) in [6, 6.07) is 0. The molecule has 0 aromatic heterocycles. The molecule has 2 rings (SSSR count). The van der Waals surface area contributed by atoms with Gasteiger partial charge in [0.15, 0.2) is 11.9 Å². The molecule has 1 N–H and O–H groups in total. The van der Waals surface area contributed by atoms with Crippen molar-refractivity contribution in [3.8, 4) is 0 Å². The van der Waals surface area contributed by atoms with E-state index in [2.05, 4.69) is 6.58 Å². The monoisotopic (exact) mass is 584 g/mol. The van der Waals surface area contributed by atoms with Crippen molar-refractivity contribution in [3.05, 3.63) is 35.5 Å². The van der Waals surface area contributed by atoms with Gasteiger partial charge in [0, 0.05) is 30.4 Å². The predicted molar refractivity (Wildman–Crippen MR) is 150 cm³/mol. The molecule has 2 fully saturated rings. The van der Waals surface area contributed by atoms with Crippen molar-refractivity contribution >= 4 is 29.5 Å². The maximum Gasteiger partial charge on any atom is 0.333 e. The van der Waals surface area contributed by atoms with Crippen molar-refractivity contribution in [2.75, 3.05) is 0 Å². The smallest absolute Gasteiger partial charge is 0.333 e. The van der Waals surface area contributed by atoms with Crippen LogP contribution in [0.25, 0.3) is 0 Å². The topological polar surface area (TPSA) is 118 Å². The summed E-state index contributed by atoms with van der Waals surface area (Å²) in [6.07, 6.45) is -0.372. The van der Waals surface area contributed by atoms with Crippen molar-refractivity contribution in [1.82, 2.24) is 0 Å². The Morgan fingerprint density at radius 2 is 1.57 bits per heavy atom. The number of aliphatic hydroxyl groups is 1. The number of esters is 3. The average Bonchev–Trinajstić information content (AvgIpc) is 3.06. The molecule has 9 nitrogen and oxygen atoms in total. The lowest BCUT2D eigenvalue weighted by Crippen LogP contribution is -2.63. The van der Waals surface area contributed by atoms with Crippen LogP contribution in [0.2, 0.25) is 0 Å². The molecule has 1 saturated heterocycles. The van der Waals surface area contributed by atoms with Crippen LogP contribution in [0.1, 0.15) is 82.1 Å². The van der Waals surface area contributed by atoms with Crippen molar-refractivity contribution in [3.63, 3.8) is 0 Å². The number of allylic oxidation sites excluding steroid dienone is 2. The maximum absolute atomic E-state index is 13.0. The van der Waals surface area contributed by atoms with Crippen LogP contribution in [-0.4, -0.2) is 69.8 Å². The molecule has 0 aromatic rings. The zero-order valence-electron chi connectivity index (χ0n) is 25.3. The molecule has 0 bridgehead atoms. The number of halogens is 1. The van der Waals surface area contributed by atoms with Crippen LogP contribution >= 0.6 is 11.6 Å². The van der Waals surface area contributed by atoms with E-state index in [-0.39, 0.29) is 12.8 Å². The lowest BCUT2D eigenvalue weighted by molar-refractivity contribution is -0.203. The SMILES string of the molecule is C=C([C@@H](C[C@H]1OC(C)(C)OC1(C)C)OC(=O)/C(C)=C\C)[C@@H]1C[C@@H](Cl)[C@](C)(O)[C@H](OC(C)=O)[C@@H]1OC(=O)/C(C)=C\C. The first-order valence-corrected chi connectivity index (χ1v) is 14.0. The van der Waals surface area contributed by atoms with Crippen molar-refractivity contribution in [2.24, 2.45) is 5.92 Å². The molecule has 10 heteroatoms. The molecule has 40 heavy (non-hydrogen) atoms. The van der Waals surface area contributed by atoms with Gasteiger partial charge in [-0.15, -0.1) is 11.6 Å². The van der Waals surface area contributed by atoms with Crippen molar-refractivity contribution in [1.29, 1.82) is 0 Å². The molecule has 2 aliphatic rings. The third kappa shape index (κ3) is 7.75. The van der Waals surface area contributed by atoms with Crippen LogP contribution in [0.15, 0.2) is 35.5 Å². The second-order valence-electron chi connectivity index (χ2n) is 11.8. The second kappa shape index (κ2) is 12.8. The summed E-state index contributed by atoms with van der Waals surface area (Å²) in [4.78, 5) is 38.0. The Balaban J connectivity index is 2.58. The minimum Gasteiger partial charge on any atom is -0.455 e. The minimum absolute atomic E-state index is 0.103. The van der Waals surface area contributed by atoms with Crippen LogP contribution in [0.5, 0.6) is 0 Å². The van der Waals surface area contributed by atoms with E-state index < -0.39 is 70.6 Å². The molecule has 0 unspecified atom stereocenters. The van der Waals surface area contributed by atoms with Gasteiger partial charge in [-0.2, -0.15) is 0 Å². The molecule has 0 spiro atoms. The van der Waals surface area contributed by atoms with Gasteiger partial charge in [-0.25, -0.2) is 9.59 Å². The number of rotatable bonds is 9. The van der Waals surface area contributed by atoms with Gasteiger partial charge in [0.05, 0.1) is 17.1 Å². The summed E-state index contributed by atoms with van der Waals surface area (Å²) in [6.45, 7) is 20.9. The summed E-state index contributed by atoms with van der Waals surface area (Å²) < 4.78 is 29.6. The molecular formula is C30H45ClO9. The van der Waals surface area contributed by atoms with E-state index in [0.29, 0.717) is 16.7 Å². The molecule has 1 aliphatic heterocycles.